The Balaban J connectivity index is 1.89. The Labute approximate surface area is 100 Å². The quantitative estimate of drug-likeness (QED) is 0.831. The third kappa shape index (κ3) is 2.00. The van der Waals surface area contributed by atoms with Crippen LogP contribution in [0.25, 0.3) is 10.9 Å². The number of hydrogen-bond donors (Lipinski definition) is 2. The van der Waals surface area contributed by atoms with E-state index in [1.807, 2.05) is 19.1 Å². The van der Waals surface area contributed by atoms with Gasteiger partial charge in [0.1, 0.15) is 17.4 Å². The third-order valence-electron chi connectivity index (χ3n) is 3.28. The van der Waals surface area contributed by atoms with Crippen molar-refractivity contribution in [1.29, 1.82) is 0 Å². The van der Waals surface area contributed by atoms with E-state index in [-0.39, 0.29) is 6.10 Å². The number of aromatic nitrogens is 2. The lowest BCUT2D eigenvalue weighted by molar-refractivity contribution is 0.169. The SMILES string of the molecule is Cc1[nH]nc2c(OC3CCCNC3)cccc12. The van der Waals surface area contributed by atoms with Crippen molar-refractivity contribution in [2.24, 2.45) is 0 Å². The van der Waals surface area contributed by atoms with Gasteiger partial charge in [-0.1, -0.05) is 12.1 Å². The van der Waals surface area contributed by atoms with Gasteiger partial charge in [-0.05, 0) is 32.4 Å². The maximum absolute atomic E-state index is 6.04. The molecular formula is C13H17N3O. The molecule has 1 saturated heterocycles. The van der Waals surface area contributed by atoms with Gasteiger partial charge in [-0.15, -0.1) is 0 Å². The molecule has 0 aliphatic carbocycles. The Kier molecular flexibility index (Phi) is 2.73. The van der Waals surface area contributed by atoms with Crippen LogP contribution in [0.15, 0.2) is 18.2 Å². The van der Waals surface area contributed by atoms with Gasteiger partial charge >= 0.3 is 0 Å². The van der Waals surface area contributed by atoms with Crippen LogP contribution in [0.4, 0.5) is 0 Å². The fraction of sp³-hybridized carbons (Fsp3) is 0.462. The maximum atomic E-state index is 6.04. The number of rotatable bonds is 2. The van der Waals surface area contributed by atoms with Crippen LogP contribution in [0.3, 0.4) is 0 Å². The van der Waals surface area contributed by atoms with E-state index in [2.05, 4.69) is 21.6 Å². The second-order valence-electron chi connectivity index (χ2n) is 4.59. The lowest BCUT2D eigenvalue weighted by Crippen LogP contribution is -2.37. The molecule has 17 heavy (non-hydrogen) atoms. The van der Waals surface area contributed by atoms with Crippen LogP contribution in [0.5, 0.6) is 5.75 Å². The summed E-state index contributed by atoms with van der Waals surface area (Å²) in [5.41, 5.74) is 2.03. The van der Waals surface area contributed by atoms with E-state index in [9.17, 15) is 0 Å². The highest BCUT2D eigenvalue weighted by atomic mass is 16.5. The molecule has 90 valence electrons. The van der Waals surface area contributed by atoms with Gasteiger partial charge < -0.3 is 10.1 Å². The first kappa shape index (κ1) is 10.6. The minimum absolute atomic E-state index is 0.270. The molecule has 0 spiro atoms. The van der Waals surface area contributed by atoms with Crippen LogP contribution < -0.4 is 10.1 Å². The van der Waals surface area contributed by atoms with Crippen LogP contribution in [-0.2, 0) is 0 Å². The van der Waals surface area contributed by atoms with E-state index in [1.54, 1.807) is 0 Å². The fourth-order valence-corrected chi connectivity index (χ4v) is 2.34. The number of aryl methyl sites for hydroxylation is 1. The standard InChI is InChI=1S/C13H17N3O/c1-9-11-5-2-6-12(13(11)16-15-9)17-10-4-3-7-14-8-10/h2,5-6,10,14H,3-4,7-8H2,1H3,(H,15,16). The molecular weight excluding hydrogens is 214 g/mol. The highest BCUT2D eigenvalue weighted by Crippen LogP contribution is 2.26. The summed E-state index contributed by atoms with van der Waals surface area (Å²) >= 11 is 0. The topological polar surface area (TPSA) is 49.9 Å². The lowest BCUT2D eigenvalue weighted by Gasteiger charge is -2.23. The first-order valence-electron chi connectivity index (χ1n) is 6.15. The number of hydrogen-bond acceptors (Lipinski definition) is 3. The van der Waals surface area contributed by atoms with Gasteiger partial charge in [-0.2, -0.15) is 5.10 Å². The number of benzene rings is 1. The summed E-state index contributed by atoms with van der Waals surface area (Å²) in [7, 11) is 0. The maximum Gasteiger partial charge on any atom is 0.147 e. The predicted molar refractivity (Wildman–Crippen MR) is 67.4 cm³/mol. The number of aromatic amines is 1. The van der Waals surface area contributed by atoms with Gasteiger partial charge in [-0.25, -0.2) is 0 Å². The highest BCUT2D eigenvalue weighted by Gasteiger charge is 2.16. The Bertz CT molecular complexity index is 514. The number of nitrogens with zero attached hydrogens (tertiary/aromatic N) is 1. The molecule has 1 atom stereocenters. The summed E-state index contributed by atoms with van der Waals surface area (Å²) in [6.45, 7) is 4.06. The highest BCUT2D eigenvalue weighted by molar-refractivity contribution is 5.86. The number of nitrogens with one attached hydrogen (secondary N) is 2. The summed E-state index contributed by atoms with van der Waals surface area (Å²) in [5, 5.41) is 11.8. The molecule has 1 aromatic carbocycles. The van der Waals surface area contributed by atoms with E-state index < -0.39 is 0 Å². The Morgan fingerprint density at radius 2 is 2.35 bits per heavy atom. The minimum atomic E-state index is 0.270. The summed E-state index contributed by atoms with van der Waals surface area (Å²) in [4.78, 5) is 0. The first-order valence-corrected chi connectivity index (χ1v) is 6.15. The van der Waals surface area contributed by atoms with Crippen molar-refractivity contribution >= 4 is 10.9 Å². The summed E-state index contributed by atoms with van der Waals surface area (Å²) in [5.74, 6) is 0.889. The largest absolute Gasteiger partial charge is 0.487 e. The van der Waals surface area contributed by atoms with E-state index in [0.717, 1.165) is 41.9 Å². The van der Waals surface area contributed by atoms with E-state index >= 15 is 0 Å². The molecule has 2 heterocycles. The van der Waals surface area contributed by atoms with Crippen LogP contribution in [-0.4, -0.2) is 29.4 Å². The Morgan fingerprint density at radius 3 is 3.18 bits per heavy atom. The first-order chi connectivity index (χ1) is 8.34. The summed E-state index contributed by atoms with van der Waals surface area (Å²) < 4.78 is 6.04. The fourth-order valence-electron chi connectivity index (χ4n) is 2.34. The molecule has 4 nitrogen and oxygen atoms in total. The number of H-pyrrole nitrogens is 1. The minimum Gasteiger partial charge on any atom is -0.487 e. The molecule has 3 rings (SSSR count). The van der Waals surface area contributed by atoms with Crippen LogP contribution in [0.1, 0.15) is 18.5 Å². The molecule has 1 aliphatic heterocycles. The Morgan fingerprint density at radius 1 is 1.41 bits per heavy atom. The van der Waals surface area contributed by atoms with Gasteiger partial charge in [0, 0.05) is 17.6 Å². The zero-order valence-electron chi connectivity index (χ0n) is 9.99. The van der Waals surface area contributed by atoms with Crippen molar-refractivity contribution in [3.63, 3.8) is 0 Å². The molecule has 1 aliphatic rings. The molecule has 0 amide bonds. The average Bonchev–Trinajstić information content (AvgIpc) is 2.74. The molecule has 1 unspecified atom stereocenters. The van der Waals surface area contributed by atoms with E-state index in [0.29, 0.717) is 0 Å². The number of ether oxygens (including phenoxy) is 1. The number of fused-ring (bicyclic) bond motifs is 1. The molecule has 4 heteroatoms. The van der Waals surface area contributed by atoms with Gasteiger partial charge in [0.2, 0.25) is 0 Å². The van der Waals surface area contributed by atoms with Gasteiger partial charge in [0.05, 0.1) is 0 Å². The molecule has 1 aromatic heterocycles. The average molecular weight is 231 g/mol. The van der Waals surface area contributed by atoms with Gasteiger partial charge in [0.25, 0.3) is 0 Å². The Hall–Kier alpha value is -1.55. The van der Waals surface area contributed by atoms with Gasteiger partial charge in [0.15, 0.2) is 0 Å². The van der Waals surface area contributed by atoms with E-state index in [4.69, 9.17) is 4.74 Å². The number of para-hydroxylation sites is 1. The van der Waals surface area contributed by atoms with Crippen LogP contribution in [0, 0.1) is 6.92 Å². The molecule has 0 saturated carbocycles. The molecule has 2 N–H and O–H groups in total. The van der Waals surface area contributed by atoms with Crippen molar-refractivity contribution in [3.8, 4) is 5.75 Å². The zero-order valence-corrected chi connectivity index (χ0v) is 9.99. The monoisotopic (exact) mass is 231 g/mol. The van der Waals surface area contributed by atoms with Crippen molar-refractivity contribution in [1.82, 2.24) is 15.5 Å². The normalized spacial score (nSPS) is 20.6. The second kappa shape index (κ2) is 4.37. The second-order valence-corrected chi connectivity index (χ2v) is 4.59. The lowest BCUT2D eigenvalue weighted by atomic mass is 10.1. The predicted octanol–water partition coefficient (Wildman–Crippen LogP) is 2.00. The van der Waals surface area contributed by atoms with Crippen molar-refractivity contribution < 1.29 is 4.74 Å². The van der Waals surface area contributed by atoms with Gasteiger partial charge in [-0.3, -0.25) is 5.10 Å². The molecule has 0 bridgehead atoms. The summed E-state index contributed by atoms with van der Waals surface area (Å²) in [6, 6.07) is 6.09. The van der Waals surface area contributed by atoms with Crippen molar-refractivity contribution in [2.75, 3.05) is 13.1 Å². The zero-order chi connectivity index (χ0) is 11.7. The number of piperidine rings is 1. The molecule has 0 radical (unpaired) electrons. The molecule has 1 fully saturated rings. The third-order valence-corrected chi connectivity index (χ3v) is 3.28. The van der Waals surface area contributed by atoms with Crippen molar-refractivity contribution in [3.05, 3.63) is 23.9 Å². The smallest absolute Gasteiger partial charge is 0.147 e. The van der Waals surface area contributed by atoms with E-state index in [1.165, 1.54) is 6.42 Å². The van der Waals surface area contributed by atoms with Crippen LogP contribution in [0.2, 0.25) is 0 Å². The summed E-state index contributed by atoms with van der Waals surface area (Å²) in [6.07, 6.45) is 2.57. The van der Waals surface area contributed by atoms with Crippen molar-refractivity contribution in [2.45, 2.75) is 25.9 Å². The molecule has 2 aromatic rings. The van der Waals surface area contributed by atoms with Crippen LogP contribution >= 0.6 is 0 Å².